The molecule has 142 valence electrons. The molecule has 0 spiro atoms. The van der Waals surface area contributed by atoms with Crippen LogP contribution in [0.5, 0.6) is 17.2 Å². The lowest BCUT2D eigenvalue weighted by Gasteiger charge is -2.17. The van der Waals surface area contributed by atoms with Crippen molar-refractivity contribution >= 4 is 15.9 Å². The largest absolute Gasteiger partial charge is 0.497 e. The van der Waals surface area contributed by atoms with E-state index in [1.807, 2.05) is 45.0 Å². The van der Waals surface area contributed by atoms with Gasteiger partial charge in [0.1, 0.15) is 5.75 Å². The van der Waals surface area contributed by atoms with Gasteiger partial charge in [-0.15, -0.1) is 0 Å². The second-order valence-corrected chi connectivity index (χ2v) is 7.12. The second kappa shape index (κ2) is 10.4. The molecule has 0 aliphatic heterocycles. The van der Waals surface area contributed by atoms with Crippen LogP contribution in [-0.2, 0) is 13.0 Å². The zero-order valence-electron chi connectivity index (χ0n) is 16.0. The Morgan fingerprint density at radius 2 is 1.81 bits per heavy atom. The lowest BCUT2D eigenvalue weighted by molar-refractivity contribution is 0.223. The van der Waals surface area contributed by atoms with Crippen molar-refractivity contribution in [2.75, 3.05) is 20.3 Å². The fraction of sp³-hybridized carbons (Fsp3) is 0.429. The Labute approximate surface area is 165 Å². The number of halogens is 1. The van der Waals surface area contributed by atoms with Crippen LogP contribution in [0.2, 0.25) is 0 Å². The Morgan fingerprint density at radius 3 is 2.42 bits per heavy atom. The summed E-state index contributed by atoms with van der Waals surface area (Å²) in [6.07, 6.45) is 1.07. The van der Waals surface area contributed by atoms with Crippen LogP contribution in [0, 0.1) is 0 Å². The van der Waals surface area contributed by atoms with Crippen LogP contribution in [0.4, 0.5) is 0 Å². The van der Waals surface area contributed by atoms with E-state index >= 15 is 0 Å². The van der Waals surface area contributed by atoms with Gasteiger partial charge in [0.25, 0.3) is 0 Å². The average molecular weight is 422 g/mol. The van der Waals surface area contributed by atoms with Gasteiger partial charge in [-0.2, -0.15) is 0 Å². The number of hydrogen-bond acceptors (Lipinski definition) is 4. The van der Waals surface area contributed by atoms with Gasteiger partial charge in [-0.1, -0.05) is 28.1 Å². The molecule has 2 rings (SSSR count). The van der Waals surface area contributed by atoms with Crippen LogP contribution in [0.15, 0.2) is 40.9 Å². The van der Waals surface area contributed by atoms with Gasteiger partial charge in [-0.05, 0) is 69.1 Å². The van der Waals surface area contributed by atoms with Crippen molar-refractivity contribution in [3.8, 4) is 17.2 Å². The Bertz CT molecular complexity index is 686. The van der Waals surface area contributed by atoms with E-state index in [-0.39, 0.29) is 6.10 Å². The quantitative estimate of drug-likeness (QED) is 0.549. The highest BCUT2D eigenvalue weighted by Crippen LogP contribution is 2.34. The zero-order valence-corrected chi connectivity index (χ0v) is 17.6. The summed E-state index contributed by atoms with van der Waals surface area (Å²) in [6, 6.07) is 12.2. The van der Waals surface area contributed by atoms with Gasteiger partial charge in [-0.25, -0.2) is 0 Å². The molecule has 1 N–H and O–H groups in total. The predicted molar refractivity (Wildman–Crippen MR) is 109 cm³/mol. The van der Waals surface area contributed by atoms with Gasteiger partial charge >= 0.3 is 0 Å². The highest BCUT2D eigenvalue weighted by molar-refractivity contribution is 9.10. The van der Waals surface area contributed by atoms with Crippen molar-refractivity contribution in [1.82, 2.24) is 5.32 Å². The summed E-state index contributed by atoms with van der Waals surface area (Å²) in [5, 5.41) is 3.49. The SMILES string of the molecule is CCOc1cc(CNCCc2ccc(OC)cc2)c(Br)cc1OC(C)C. The van der Waals surface area contributed by atoms with Crippen molar-refractivity contribution in [2.45, 2.75) is 39.8 Å². The third-order valence-corrected chi connectivity index (χ3v) is 4.58. The van der Waals surface area contributed by atoms with E-state index in [4.69, 9.17) is 14.2 Å². The highest BCUT2D eigenvalue weighted by Gasteiger charge is 2.12. The molecule has 0 aromatic heterocycles. The van der Waals surface area contributed by atoms with Gasteiger partial charge in [0.15, 0.2) is 11.5 Å². The standard InChI is InChI=1S/C21H28BrNO3/c1-5-25-20-12-17(19(22)13-21(20)26-15(2)3)14-23-11-10-16-6-8-18(24-4)9-7-16/h6-9,12-13,15,23H,5,10-11,14H2,1-4H3. The average Bonchev–Trinajstić information content (AvgIpc) is 2.62. The van der Waals surface area contributed by atoms with Gasteiger partial charge in [0.2, 0.25) is 0 Å². The first-order valence-electron chi connectivity index (χ1n) is 8.99. The number of methoxy groups -OCH3 is 1. The third kappa shape index (κ3) is 6.22. The zero-order chi connectivity index (χ0) is 18.9. The molecule has 2 aromatic rings. The molecule has 0 aliphatic carbocycles. The second-order valence-electron chi connectivity index (χ2n) is 6.26. The van der Waals surface area contributed by atoms with Gasteiger partial charge < -0.3 is 19.5 Å². The van der Waals surface area contributed by atoms with Crippen LogP contribution >= 0.6 is 15.9 Å². The van der Waals surface area contributed by atoms with E-state index in [2.05, 4.69) is 33.4 Å². The molecule has 0 bridgehead atoms. The first kappa shape index (κ1) is 20.6. The van der Waals surface area contributed by atoms with E-state index in [0.29, 0.717) is 6.61 Å². The smallest absolute Gasteiger partial charge is 0.162 e. The maximum absolute atomic E-state index is 5.85. The molecule has 0 aliphatic rings. The number of benzene rings is 2. The normalized spacial score (nSPS) is 10.8. The predicted octanol–water partition coefficient (Wildman–Crippen LogP) is 4.98. The van der Waals surface area contributed by atoms with E-state index in [1.54, 1.807) is 7.11 Å². The summed E-state index contributed by atoms with van der Waals surface area (Å²) in [7, 11) is 1.68. The lowest BCUT2D eigenvalue weighted by atomic mass is 10.1. The Morgan fingerprint density at radius 1 is 1.08 bits per heavy atom. The first-order chi connectivity index (χ1) is 12.5. The summed E-state index contributed by atoms with van der Waals surface area (Å²) in [6.45, 7) is 8.27. The minimum Gasteiger partial charge on any atom is -0.497 e. The van der Waals surface area contributed by atoms with Crippen molar-refractivity contribution in [3.63, 3.8) is 0 Å². The topological polar surface area (TPSA) is 39.7 Å². The molecule has 0 fully saturated rings. The molecule has 0 saturated carbocycles. The summed E-state index contributed by atoms with van der Waals surface area (Å²) >= 11 is 3.65. The molecule has 0 radical (unpaired) electrons. The number of ether oxygens (including phenoxy) is 3. The molecule has 2 aromatic carbocycles. The van der Waals surface area contributed by atoms with Gasteiger partial charge in [0, 0.05) is 11.0 Å². The molecule has 26 heavy (non-hydrogen) atoms. The maximum atomic E-state index is 5.85. The van der Waals surface area contributed by atoms with Crippen molar-refractivity contribution < 1.29 is 14.2 Å². The summed E-state index contributed by atoms with van der Waals surface area (Å²) in [5.74, 6) is 2.45. The molecule has 0 heterocycles. The van der Waals surface area contributed by atoms with Gasteiger partial charge in [0.05, 0.1) is 19.8 Å². The number of nitrogens with one attached hydrogen (secondary N) is 1. The van der Waals surface area contributed by atoms with Crippen LogP contribution < -0.4 is 19.5 Å². The number of hydrogen-bond donors (Lipinski definition) is 1. The summed E-state index contributed by atoms with van der Waals surface area (Å²) in [5.41, 5.74) is 2.44. The number of rotatable bonds is 10. The van der Waals surface area contributed by atoms with Crippen LogP contribution in [0.3, 0.4) is 0 Å². The van der Waals surface area contributed by atoms with E-state index in [9.17, 15) is 0 Å². The monoisotopic (exact) mass is 421 g/mol. The maximum Gasteiger partial charge on any atom is 0.162 e. The van der Waals surface area contributed by atoms with E-state index in [0.717, 1.165) is 46.8 Å². The van der Waals surface area contributed by atoms with E-state index in [1.165, 1.54) is 5.56 Å². The Kier molecular flexibility index (Phi) is 8.26. The molecule has 5 heteroatoms. The molecule has 0 saturated heterocycles. The van der Waals surface area contributed by atoms with Crippen molar-refractivity contribution in [2.24, 2.45) is 0 Å². The first-order valence-corrected chi connectivity index (χ1v) is 9.78. The third-order valence-electron chi connectivity index (χ3n) is 3.84. The highest BCUT2D eigenvalue weighted by atomic mass is 79.9. The fourth-order valence-electron chi connectivity index (χ4n) is 2.58. The lowest BCUT2D eigenvalue weighted by Crippen LogP contribution is -2.17. The molecule has 0 unspecified atom stereocenters. The van der Waals surface area contributed by atoms with Crippen molar-refractivity contribution in [1.29, 1.82) is 0 Å². The van der Waals surface area contributed by atoms with Crippen LogP contribution in [0.25, 0.3) is 0 Å². The summed E-state index contributed by atoms with van der Waals surface area (Å²) in [4.78, 5) is 0. The fourth-order valence-corrected chi connectivity index (χ4v) is 3.04. The molecule has 4 nitrogen and oxygen atoms in total. The molecular formula is C21H28BrNO3. The Hall–Kier alpha value is -1.72. The van der Waals surface area contributed by atoms with Crippen molar-refractivity contribution in [3.05, 3.63) is 52.0 Å². The molecule has 0 amide bonds. The van der Waals surface area contributed by atoms with Crippen LogP contribution in [0.1, 0.15) is 31.9 Å². The molecular weight excluding hydrogens is 394 g/mol. The Balaban J connectivity index is 1.94. The van der Waals surface area contributed by atoms with Crippen LogP contribution in [-0.4, -0.2) is 26.4 Å². The summed E-state index contributed by atoms with van der Waals surface area (Å²) < 4.78 is 17.8. The van der Waals surface area contributed by atoms with E-state index < -0.39 is 0 Å². The van der Waals surface area contributed by atoms with Gasteiger partial charge in [-0.3, -0.25) is 0 Å². The molecule has 0 atom stereocenters. The minimum atomic E-state index is 0.106. The minimum absolute atomic E-state index is 0.106.